The fraction of sp³-hybridized carbons (Fsp3) is 0.300. The number of non-ortho nitro benzene ring substituents is 1. The molecule has 0 atom stereocenters. The fourth-order valence-corrected chi connectivity index (χ4v) is 2.74. The van der Waals surface area contributed by atoms with E-state index in [1.807, 2.05) is 24.3 Å². The summed E-state index contributed by atoms with van der Waals surface area (Å²) in [5.41, 5.74) is 2.84. The molecule has 0 unspecified atom stereocenters. The van der Waals surface area contributed by atoms with Crippen molar-refractivity contribution in [1.29, 1.82) is 0 Å². The topological polar surface area (TPSA) is 128 Å². The van der Waals surface area contributed by atoms with E-state index < -0.39 is 4.92 Å². The highest BCUT2D eigenvalue weighted by Crippen LogP contribution is 2.19. The zero-order valence-electron chi connectivity index (χ0n) is 16.8. The lowest BCUT2D eigenvalue weighted by Gasteiger charge is -2.07. The maximum Gasteiger partial charge on any atom is 0.269 e. The van der Waals surface area contributed by atoms with Gasteiger partial charge in [0.15, 0.2) is 0 Å². The van der Waals surface area contributed by atoms with Crippen LogP contribution in [0.15, 0.2) is 48.5 Å². The predicted octanol–water partition coefficient (Wildman–Crippen LogP) is 2.60. The second-order valence-corrected chi connectivity index (χ2v) is 7.00. The van der Waals surface area contributed by atoms with Crippen LogP contribution in [0.4, 0.5) is 11.4 Å². The lowest BCUT2D eigenvalue weighted by atomic mass is 10.0. The summed E-state index contributed by atoms with van der Waals surface area (Å²) in [6.07, 6.45) is 0. The van der Waals surface area contributed by atoms with Gasteiger partial charge in [-0.3, -0.25) is 14.9 Å². The van der Waals surface area contributed by atoms with Gasteiger partial charge < -0.3 is 10.6 Å². The molecule has 30 heavy (non-hydrogen) atoms. The van der Waals surface area contributed by atoms with Crippen molar-refractivity contribution in [1.82, 2.24) is 25.5 Å². The van der Waals surface area contributed by atoms with Crippen LogP contribution in [0.3, 0.4) is 0 Å². The van der Waals surface area contributed by atoms with Crippen molar-refractivity contribution in [3.05, 3.63) is 64.2 Å². The minimum atomic E-state index is -0.450. The number of carbonyl (C=O) groups is 1. The highest BCUT2D eigenvalue weighted by molar-refractivity contribution is 5.75. The molecular weight excluding hydrogens is 386 g/mol. The molecule has 0 saturated carbocycles. The Morgan fingerprint density at radius 3 is 2.43 bits per heavy atom. The summed E-state index contributed by atoms with van der Waals surface area (Å²) in [6, 6.07) is 14.0. The molecule has 1 heterocycles. The van der Waals surface area contributed by atoms with Crippen molar-refractivity contribution in [2.45, 2.75) is 26.3 Å². The average Bonchev–Trinajstić information content (AvgIpc) is 3.20. The normalized spacial score (nSPS) is 10.8. The van der Waals surface area contributed by atoms with Crippen LogP contribution in [0.1, 0.15) is 25.3 Å². The number of hydrogen-bond acceptors (Lipinski definition) is 7. The molecule has 0 fully saturated rings. The van der Waals surface area contributed by atoms with Gasteiger partial charge in [0.25, 0.3) is 5.69 Å². The Kier molecular flexibility index (Phi) is 6.68. The van der Waals surface area contributed by atoms with Crippen molar-refractivity contribution in [3.8, 4) is 11.4 Å². The molecule has 10 nitrogen and oxygen atoms in total. The summed E-state index contributed by atoms with van der Waals surface area (Å²) < 4.78 is 0. The van der Waals surface area contributed by atoms with Crippen molar-refractivity contribution in [3.63, 3.8) is 0 Å². The van der Waals surface area contributed by atoms with Crippen molar-refractivity contribution < 1.29 is 9.72 Å². The molecular formula is C20H23N7O3. The molecule has 2 N–H and O–H groups in total. The number of nitro groups is 1. The van der Waals surface area contributed by atoms with Gasteiger partial charge in [0.2, 0.25) is 11.7 Å². The van der Waals surface area contributed by atoms with Gasteiger partial charge in [0, 0.05) is 36.5 Å². The van der Waals surface area contributed by atoms with E-state index in [-0.39, 0.29) is 18.1 Å². The smallest absolute Gasteiger partial charge is 0.269 e. The Morgan fingerprint density at radius 2 is 1.80 bits per heavy atom. The Balaban J connectivity index is 1.43. The van der Waals surface area contributed by atoms with Gasteiger partial charge in [-0.05, 0) is 28.8 Å². The molecule has 0 spiro atoms. The first-order chi connectivity index (χ1) is 14.4. The third-order valence-corrected chi connectivity index (χ3v) is 4.43. The third-order valence-electron chi connectivity index (χ3n) is 4.43. The van der Waals surface area contributed by atoms with E-state index in [0.717, 1.165) is 11.3 Å². The number of hydrogen-bond donors (Lipinski definition) is 2. The molecule has 0 aliphatic heterocycles. The molecule has 3 aromatic rings. The summed E-state index contributed by atoms with van der Waals surface area (Å²) in [7, 11) is 0. The number of nitrogens with one attached hydrogen (secondary N) is 2. The standard InChI is InChI=1S/C20H23N7O3/c1-14(2)15-3-5-16(6-4-15)20-23-25-26(24-20)13-19(28)22-12-11-21-17-7-9-18(10-8-17)27(29)30/h3-10,14,21H,11-13H2,1-2H3,(H,22,28). The molecule has 2 aromatic carbocycles. The average molecular weight is 409 g/mol. The van der Waals surface area contributed by atoms with Gasteiger partial charge in [-0.1, -0.05) is 38.1 Å². The fourth-order valence-electron chi connectivity index (χ4n) is 2.74. The minimum absolute atomic E-state index is 0.0319. The van der Waals surface area contributed by atoms with Crippen LogP contribution in [-0.4, -0.2) is 44.1 Å². The molecule has 0 radical (unpaired) electrons. The summed E-state index contributed by atoms with van der Waals surface area (Å²) in [4.78, 5) is 23.5. The summed E-state index contributed by atoms with van der Waals surface area (Å²) in [5, 5.41) is 28.7. The summed E-state index contributed by atoms with van der Waals surface area (Å²) >= 11 is 0. The van der Waals surface area contributed by atoms with Crippen LogP contribution in [-0.2, 0) is 11.3 Å². The van der Waals surface area contributed by atoms with Gasteiger partial charge in [-0.15, -0.1) is 10.2 Å². The molecule has 0 aliphatic rings. The van der Waals surface area contributed by atoms with Crippen LogP contribution in [0.5, 0.6) is 0 Å². The van der Waals surface area contributed by atoms with Gasteiger partial charge >= 0.3 is 0 Å². The van der Waals surface area contributed by atoms with E-state index in [0.29, 0.717) is 24.8 Å². The zero-order valence-corrected chi connectivity index (χ0v) is 16.8. The van der Waals surface area contributed by atoms with Crippen molar-refractivity contribution in [2.24, 2.45) is 0 Å². The van der Waals surface area contributed by atoms with E-state index in [4.69, 9.17) is 0 Å². The van der Waals surface area contributed by atoms with Gasteiger partial charge in [0.05, 0.1) is 4.92 Å². The Labute approximate surface area is 173 Å². The van der Waals surface area contributed by atoms with Crippen LogP contribution in [0.25, 0.3) is 11.4 Å². The molecule has 0 saturated heterocycles. The second kappa shape index (κ2) is 9.59. The van der Waals surface area contributed by atoms with E-state index >= 15 is 0 Å². The van der Waals surface area contributed by atoms with E-state index in [2.05, 4.69) is 39.9 Å². The number of benzene rings is 2. The number of nitro benzene ring substituents is 1. The van der Waals surface area contributed by atoms with Crippen LogP contribution < -0.4 is 10.6 Å². The highest BCUT2D eigenvalue weighted by Gasteiger charge is 2.10. The molecule has 156 valence electrons. The minimum Gasteiger partial charge on any atom is -0.383 e. The summed E-state index contributed by atoms with van der Waals surface area (Å²) in [5.74, 6) is 0.679. The van der Waals surface area contributed by atoms with Gasteiger partial charge in [-0.2, -0.15) is 4.80 Å². The first-order valence-corrected chi connectivity index (χ1v) is 9.55. The van der Waals surface area contributed by atoms with Gasteiger partial charge in [-0.25, -0.2) is 0 Å². The van der Waals surface area contributed by atoms with E-state index in [1.54, 1.807) is 12.1 Å². The number of carbonyl (C=O) groups excluding carboxylic acids is 1. The molecule has 1 amide bonds. The molecule has 0 bridgehead atoms. The number of nitrogens with zero attached hydrogens (tertiary/aromatic N) is 5. The van der Waals surface area contributed by atoms with Crippen LogP contribution in [0.2, 0.25) is 0 Å². The lowest BCUT2D eigenvalue weighted by molar-refractivity contribution is -0.384. The number of tetrazole rings is 1. The Hall–Kier alpha value is -3.82. The number of aromatic nitrogens is 4. The number of rotatable bonds is 9. The van der Waals surface area contributed by atoms with Crippen LogP contribution >= 0.6 is 0 Å². The van der Waals surface area contributed by atoms with Crippen LogP contribution in [0, 0.1) is 10.1 Å². The van der Waals surface area contributed by atoms with E-state index in [9.17, 15) is 14.9 Å². The first kappa shape index (κ1) is 20.9. The number of amides is 1. The van der Waals surface area contributed by atoms with E-state index in [1.165, 1.54) is 22.5 Å². The molecule has 3 rings (SSSR count). The largest absolute Gasteiger partial charge is 0.383 e. The maximum absolute atomic E-state index is 12.1. The molecule has 0 aliphatic carbocycles. The second-order valence-electron chi connectivity index (χ2n) is 7.00. The lowest BCUT2D eigenvalue weighted by Crippen LogP contribution is -2.32. The Bertz CT molecular complexity index is 998. The maximum atomic E-state index is 12.1. The highest BCUT2D eigenvalue weighted by atomic mass is 16.6. The van der Waals surface area contributed by atoms with Crippen molar-refractivity contribution >= 4 is 17.3 Å². The third kappa shape index (κ3) is 5.60. The Morgan fingerprint density at radius 1 is 1.10 bits per heavy atom. The molecule has 1 aromatic heterocycles. The summed E-state index contributed by atoms with van der Waals surface area (Å²) in [6.45, 7) is 5.08. The zero-order chi connectivity index (χ0) is 21.5. The SMILES string of the molecule is CC(C)c1ccc(-c2nnn(CC(=O)NCCNc3ccc([N+](=O)[O-])cc3)n2)cc1. The molecule has 10 heteroatoms. The van der Waals surface area contributed by atoms with Gasteiger partial charge in [0.1, 0.15) is 6.54 Å². The monoisotopic (exact) mass is 409 g/mol. The first-order valence-electron chi connectivity index (χ1n) is 9.55. The number of anilines is 1. The quantitative estimate of drug-likeness (QED) is 0.316. The predicted molar refractivity (Wildman–Crippen MR) is 112 cm³/mol. The van der Waals surface area contributed by atoms with Crippen molar-refractivity contribution in [2.75, 3.05) is 18.4 Å².